The van der Waals surface area contributed by atoms with E-state index in [-0.39, 0.29) is 11.6 Å². The second kappa shape index (κ2) is 4.58. The third-order valence-corrected chi connectivity index (χ3v) is 2.96. The van der Waals surface area contributed by atoms with Gasteiger partial charge in [0.05, 0.1) is 11.7 Å². The summed E-state index contributed by atoms with van der Waals surface area (Å²) in [6, 6.07) is 0. The van der Waals surface area contributed by atoms with E-state index in [1.165, 1.54) is 6.92 Å². The predicted molar refractivity (Wildman–Crippen MR) is 63.2 cm³/mol. The molecule has 1 rings (SSSR count). The molecule has 1 heterocycles. The zero-order valence-electron chi connectivity index (χ0n) is 10.9. The molecule has 16 heavy (non-hydrogen) atoms. The molecule has 0 spiro atoms. The summed E-state index contributed by atoms with van der Waals surface area (Å²) in [5.74, 6) is -0.239. The maximum absolute atomic E-state index is 11.0. The third kappa shape index (κ3) is 3.63. The van der Waals surface area contributed by atoms with Crippen LogP contribution in [0.5, 0.6) is 0 Å². The van der Waals surface area contributed by atoms with Crippen LogP contribution >= 0.6 is 0 Å². The molecule has 0 amide bonds. The standard InChI is InChI=1S/C13H22O3/c1-6-8-13(5,15-10(2)14)9-7-11-12(3,4)16-11/h6,8,11H,7,9H2,1-5H3/b8-6+. The molecule has 0 saturated carbocycles. The molecule has 3 heteroatoms. The van der Waals surface area contributed by atoms with Crippen molar-refractivity contribution in [2.45, 2.75) is 64.8 Å². The molecule has 3 nitrogen and oxygen atoms in total. The number of ether oxygens (including phenoxy) is 2. The van der Waals surface area contributed by atoms with E-state index in [4.69, 9.17) is 9.47 Å². The summed E-state index contributed by atoms with van der Waals surface area (Å²) in [6.45, 7) is 9.47. The number of carbonyl (C=O) groups excluding carboxylic acids is 1. The van der Waals surface area contributed by atoms with Crippen molar-refractivity contribution in [2.75, 3.05) is 0 Å². The van der Waals surface area contributed by atoms with E-state index in [0.717, 1.165) is 12.8 Å². The first kappa shape index (κ1) is 13.2. The Balaban J connectivity index is 2.48. The van der Waals surface area contributed by atoms with Crippen LogP contribution in [0.15, 0.2) is 12.2 Å². The Morgan fingerprint density at radius 1 is 1.56 bits per heavy atom. The maximum Gasteiger partial charge on any atom is 0.303 e. The summed E-state index contributed by atoms with van der Waals surface area (Å²) in [7, 11) is 0. The monoisotopic (exact) mass is 226 g/mol. The van der Waals surface area contributed by atoms with Gasteiger partial charge in [0.15, 0.2) is 0 Å². The van der Waals surface area contributed by atoms with Crippen molar-refractivity contribution in [2.24, 2.45) is 0 Å². The van der Waals surface area contributed by atoms with E-state index in [0.29, 0.717) is 6.10 Å². The molecule has 0 aromatic carbocycles. The summed E-state index contributed by atoms with van der Waals surface area (Å²) >= 11 is 0. The highest BCUT2D eigenvalue weighted by Gasteiger charge is 2.48. The summed E-state index contributed by atoms with van der Waals surface area (Å²) in [4.78, 5) is 11.0. The number of allylic oxidation sites excluding steroid dienone is 1. The second-order valence-electron chi connectivity index (χ2n) is 5.15. The van der Waals surface area contributed by atoms with Gasteiger partial charge in [-0.2, -0.15) is 0 Å². The summed E-state index contributed by atoms with van der Waals surface area (Å²) in [5, 5.41) is 0. The minimum Gasteiger partial charge on any atom is -0.455 e. The quantitative estimate of drug-likeness (QED) is 0.411. The lowest BCUT2D eigenvalue weighted by molar-refractivity contribution is -0.151. The molecule has 0 aromatic rings. The number of epoxide rings is 1. The van der Waals surface area contributed by atoms with Crippen molar-refractivity contribution < 1.29 is 14.3 Å². The molecule has 0 N–H and O–H groups in total. The van der Waals surface area contributed by atoms with Crippen molar-refractivity contribution in [3.05, 3.63) is 12.2 Å². The Hall–Kier alpha value is -0.830. The lowest BCUT2D eigenvalue weighted by Crippen LogP contribution is -2.29. The second-order valence-corrected chi connectivity index (χ2v) is 5.15. The molecule has 0 bridgehead atoms. The van der Waals surface area contributed by atoms with E-state index >= 15 is 0 Å². The van der Waals surface area contributed by atoms with E-state index in [9.17, 15) is 4.79 Å². The Labute approximate surface area is 97.8 Å². The van der Waals surface area contributed by atoms with Gasteiger partial charge in [-0.3, -0.25) is 4.79 Å². The predicted octanol–water partition coefficient (Wildman–Crippen LogP) is 2.84. The smallest absolute Gasteiger partial charge is 0.303 e. The van der Waals surface area contributed by atoms with E-state index in [1.54, 1.807) is 0 Å². The van der Waals surface area contributed by atoms with Gasteiger partial charge in [0.2, 0.25) is 0 Å². The lowest BCUT2D eigenvalue weighted by Gasteiger charge is -2.25. The molecule has 0 aliphatic carbocycles. The average Bonchev–Trinajstić information content (AvgIpc) is 2.70. The minimum atomic E-state index is -0.497. The fourth-order valence-corrected chi connectivity index (χ4v) is 2.01. The Morgan fingerprint density at radius 3 is 2.50 bits per heavy atom. The first-order chi connectivity index (χ1) is 7.29. The minimum absolute atomic E-state index is 0.00701. The zero-order valence-corrected chi connectivity index (χ0v) is 10.9. The maximum atomic E-state index is 11.0. The van der Waals surface area contributed by atoms with Gasteiger partial charge in [-0.25, -0.2) is 0 Å². The molecule has 1 fully saturated rings. The molecule has 0 radical (unpaired) electrons. The largest absolute Gasteiger partial charge is 0.455 e. The number of rotatable bonds is 5. The molecular weight excluding hydrogens is 204 g/mol. The van der Waals surface area contributed by atoms with Gasteiger partial charge in [-0.1, -0.05) is 6.08 Å². The summed E-state index contributed by atoms with van der Waals surface area (Å²) in [6.07, 6.45) is 5.87. The van der Waals surface area contributed by atoms with Gasteiger partial charge in [0.25, 0.3) is 0 Å². The highest BCUT2D eigenvalue weighted by Crippen LogP contribution is 2.40. The molecule has 1 aliphatic rings. The van der Waals surface area contributed by atoms with Crippen LogP contribution in [-0.4, -0.2) is 23.3 Å². The molecule has 92 valence electrons. The van der Waals surface area contributed by atoms with Crippen LogP contribution in [0, 0.1) is 0 Å². The van der Waals surface area contributed by atoms with E-state index < -0.39 is 5.60 Å². The molecule has 1 aliphatic heterocycles. The summed E-state index contributed by atoms with van der Waals surface area (Å²) in [5.41, 5.74) is -0.490. The third-order valence-electron chi connectivity index (χ3n) is 2.96. The summed E-state index contributed by atoms with van der Waals surface area (Å²) < 4.78 is 10.9. The Morgan fingerprint density at radius 2 is 2.12 bits per heavy atom. The van der Waals surface area contributed by atoms with E-state index in [2.05, 4.69) is 13.8 Å². The van der Waals surface area contributed by atoms with Crippen molar-refractivity contribution in [1.29, 1.82) is 0 Å². The van der Waals surface area contributed by atoms with Crippen molar-refractivity contribution >= 4 is 5.97 Å². The van der Waals surface area contributed by atoms with Crippen LogP contribution in [0.1, 0.15) is 47.5 Å². The van der Waals surface area contributed by atoms with Crippen LogP contribution in [0.2, 0.25) is 0 Å². The normalized spacial score (nSPS) is 26.4. The number of hydrogen-bond donors (Lipinski definition) is 0. The number of esters is 1. The Kier molecular flexibility index (Phi) is 3.79. The number of carbonyl (C=O) groups is 1. The zero-order chi connectivity index (χ0) is 12.4. The van der Waals surface area contributed by atoms with Crippen LogP contribution in [0.4, 0.5) is 0 Å². The van der Waals surface area contributed by atoms with Gasteiger partial charge >= 0.3 is 5.97 Å². The van der Waals surface area contributed by atoms with Gasteiger partial charge in [0, 0.05) is 6.92 Å². The topological polar surface area (TPSA) is 38.8 Å². The van der Waals surface area contributed by atoms with Crippen molar-refractivity contribution in [1.82, 2.24) is 0 Å². The van der Waals surface area contributed by atoms with Gasteiger partial charge in [0.1, 0.15) is 5.60 Å². The molecule has 0 aromatic heterocycles. The molecular formula is C13H22O3. The highest BCUT2D eigenvalue weighted by molar-refractivity contribution is 5.66. The van der Waals surface area contributed by atoms with Gasteiger partial charge in [-0.15, -0.1) is 0 Å². The van der Waals surface area contributed by atoms with Crippen LogP contribution < -0.4 is 0 Å². The van der Waals surface area contributed by atoms with Crippen LogP contribution in [0.3, 0.4) is 0 Å². The van der Waals surface area contributed by atoms with E-state index in [1.807, 2.05) is 26.0 Å². The molecule has 1 saturated heterocycles. The van der Waals surface area contributed by atoms with Crippen molar-refractivity contribution in [3.63, 3.8) is 0 Å². The van der Waals surface area contributed by atoms with Gasteiger partial charge < -0.3 is 9.47 Å². The first-order valence-corrected chi connectivity index (χ1v) is 5.80. The fraction of sp³-hybridized carbons (Fsp3) is 0.769. The van der Waals surface area contributed by atoms with Crippen LogP contribution in [0.25, 0.3) is 0 Å². The molecule has 2 atom stereocenters. The highest BCUT2D eigenvalue weighted by atomic mass is 16.6. The van der Waals surface area contributed by atoms with Gasteiger partial charge in [-0.05, 0) is 46.6 Å². The molecule has 2 unspecified atom stereocenters. The average molecular weight is 226 g/mol. The first-order valence-electron chi connectivity index (χ1n) is 5.80. The fourth-order valence-electron chi connectivity index (χ4n) is 2.01. The Bertz CT molecular complexity index is 294. The SMILES string of the molecule is C/C=C/C(C)(CCC1OC1(C)C)OC(C)=O. The van der Waals surface area contributed by atoms with Crippen molar-refractivity contribution in [3.8, 4) is 0 Å². The number of hydrogen-bond acceptors (Lipinski definition) is 3. The lowest BCUT2D eigenvalue weighted by atomic mass is 9.95. The van der Waals surface area contributed by atoms with Crippen LogP contribution in [-0.2, 0) is 14.3 Å².